The van der Waals surface area contributed by atoms with Crippen LogP contribution in [0, 0.1) is 13.8 Å². The molecule has 10 nitrogen and oxygen atoms in total. The summed E-state index contributed by atoms with van der Waals surface area (Å²) < 4.78 is 4.43. The van der Waals surface area contributed by atoms with Crippen molar-refractivity contribution >= 4 is 33.4 Å². The molecule has 12 heteroatoms. The summed E-state index contributed by atoms with van der Waals surface area (Å²) in [4.78, 5) is 41.7. The smallest absolute Gasteiger partial charge is 0.241 e. The maximum Gasteiger partial charge on any atom is 0.241 e. The third kappa shape index (κ3) is 8.30. The van der Waals surface area contributed by atoms with Gasteiger partial charge in [-0.05, 0) is 37.8 Å². The maximum atomic E-state index is 13.8. The van der Waals surface area contributed by atoms with Crippen LogP contribution in [0.2, 0.25) is 0 Å². The summed E-state index contributed by atoms with van der Waals surface area (Å²) in [5.41, 5.74) is 19.6. The Labute approximate surface area is 316 Å². The Morgan fingerprint density at radius 3 is 1.48 bits per heavy atom. The molecule has 0 saturated heterocycles. The van der Waals surface area contributed by atoms with Gasteiger partial charge in [0.05, 0.1) is 35.6 Å². The first kappa shape index (κ1) is 38.2. The second kappa shape index (κ2) is 17.5. The number of nitrogens with two attached hydrogens (primary N) is 2. The molecule has 0 bridgehead atoms. The summed E-state index contributed by atoms with van der Waals surface area (Å²) in [5, 5.41) is 0. The zero-order chi connectivity index (χ0) is 36.8. The van der Waals surface area contributed by atoms with Crippen molar-refractivity contribution in [3.05, 3.63) is 83.7 Å². The Morgan fingerprint density at radius 2 is 1.10 bits per heavy atom. The van der Waals surface area contributed by atoms with E-state index in [4.69, 9.17) is 21.4 Å². The fourth-order valence-electron chi connectivity index (χ4n) is 7.46. The van der Waals surface area contributed by atoms with Gasteiger partial charge in [-0.2, -0.15) is 0 Å². The van der Waals surface area contributed by atoms with Crippen molar-refractivity contribution in [3.63, 3.8) is 0 Å². The van der Waals surface area contributed by atoms with Crippen molar-refractivity contribution in [2.45, 2.75) is 103 Å². The first-order valence-electron chi connectivity index (χ1n) is 18.8. The normalized spacial score (nSPS) is 18.2. The monoisotopic (exact) mass is 742 g/mol. The number of unbranched alkanes of at least 4 members (excludes halogenated alkanes) is 2. The minimum Gasteiger partial charge on any atom is -0.331 e. The molecule has 0 aliphatic carbocycles. The lowest BCUT2D eigenvalue weighted by atomic mass is 10.0. The van der Waals surface area contributed by atoms with Gasteiger partial charge in [0.1, 0.15) is 11.6 Å². The molecule has 0 radical (unpaired) electrons. The fourth-order valence-corrected chi connectivity index (χ4v) is 9.68. The van der Waals surface area contributed by atoms with E-state index in [1.165, 1.54) is 32.7 Å². The Balaban J connectivity index is 1.05. The number of carbonyl (C=O) groups excluding carboxylic acids is 2. The minimum absolute atomic E-state index is 0.0473. The molecule has 0 unspecified atom stereocenters. The van der Waals surface area contributed by atoms with Crippen LogP contribution in [0.1, 0.15) is 87.2 Å². The van der Waals surface area contributed by atoms with Crippen LogP contribution < -0.4 is 11.5 Å². The number of hydrogen-bond donors (Lipinski definition) is 2. The molecule has 2 aromatic heterocycles. The van der Waals surface area contributed by atoms with Gasteiger partial charge in [-0.1, -0.05) is 110 Å². The van der Waals surface area contributed by atoms with E-state index in [0.29, 0.717) is 37.7 Å². The van der Waals surface area contributed by atoms with Gasteiger partial charge in [0.15, 0.2) is 0 Å². The van der Waals surface area contributed by atoms with E-state index in [1.54, 1.807) is 0 Å². The Bertz CT molecular complexity index is 1710. The van der Waals surface area contributed by atoms with Crippen LogP contribution in [0.5, 0.6) is 0 Å². The first-order valence-corrected chi connectivity index (χ1v) is 21.3. The predicted octanol–water partition coefficient (Wildman–Crippen LogP) is 6.91. The summed E-state index contributed by atoms with van der Waals surface area (Å²) in [6, 6.07) is 15.0. The number of aromatic nitrogens is 4. The number of benzene rings is 2. The van der Waals surface area contributed by atoms with Crippen LogP contribution in [-0.4, -0.2) is 77.4 Å². The molecular formula is C40H54N8O2S2. The molecule has 278 valence electrons. The molecule has 0 fully saturated rings. The number of carbonyl (C=O) groups is 2. The summed E-state index contributed by atoms with van der Waals surface area (Å²) in [6.07, 6.45) is 10.0. The van der Waals surface area contributed by atoms with E-state index < -0.39 is 12.1 Å². The van der Waals surface area contributed by atoms with E-state index in [9.17, 15) is 9.59 Å². The number of amides is 2. The highest BCUT2D eigenvalue weighted by Crippen LogP contribution is 2.36. The molecule has 2 aliphatic rings. The quantitative estimate of drug-likeness (QED) is 0.0994. The SMILES string of the molecule is CCCC[C@H]1c2nc(-c3ccccc3C)cn2CCN1C(=O)[C@@H](N)CSSC[C@H](N)C(=O)N1CCn2cc(-c3ccccc3C)nc2[C@@H]1CCCC. The number of aryl methyl sites for hydroxylation is 2. The van der Waals surface area contributed by atoms with E-state index in [2.05, 4.69) is 73.5 Å². The van der Waals surface area contributed by atoms with Crippen LogP contribution >= 0.6 is 21.6 Å². The number of fused-ring (bicyclic) bond motifs is 2. The van der Waals surface area contributed by atoms with Crippen LogP contribution in [0.4, 0.5) is 0 Å². The van der Waals surface area contributed by atoms with Gasteiger partial charge in [0, 0.05) is 61.2 Å². The average molecular weight is 743 g/mol. The van der Waals surface area contributed by atoms with Crippen molar-refractivity contribution in [1.29, 1.82) is 0 Å². The third-order valence-electron chi connectivity index (χ3n) is 10.4. The molecule has 2 aliphatic heterocycles. The Morgan fingerprint density at radius 1 is 0.692 bits per heavy atom. The van der Waals surface area contributed by atoms with Crippen molar-refractivity contribution in [3.8, 4) is 22.5 Å². The first-order chi connectivity index (χ1) is 25.2. The van der Waals surface area contributed by atoms with E-state index >= 15 is 0 Å². The number of imidazole rings is 2. The lowest BCUT2D eigenvalue weighted by molar-refractivity contribution is -0.136. The third-order valence-corrected chi connectivity index (χ3v) is 12.9. The highest BCUT2D eigenvalue weighted by molar-refractivity contribution is 8.76. The largest absolute Gasteiger partial charge is 0.331 e. The molecule has 2 aromatic carbocycles. The topological polar surface area (TPSA) is 128 Å². The highest BCUT2D eigenvalue weighted by Gasteiger charge is 2.36. The molecule has 4 N–H and O–H groups in total. The summed E-state index contributed by atoms with van der Waals surface area (Å²) >= 11 is 0. The van der Waals surface area contributed by atoms with Crippen LogP contribution in [-0.2, 0) is 22.7 Å². The highest BCUT2D eigenvalue weighted by atomic mass is 33.1. The molecule has 4 aromatic rings. The van der Waals surface area contributed by atoms with Gasteiger partial charge < -0.3 is 30.4 Å². The van der Waals surface area contributed by atoms with Gasteiger partial charge in [-0.3, -0.25) is 9.59 Å². The van der Waals surface area contributed by atoms with Crippen molar-refractivity contribution < 1.29 is 9.59 Å². The van der Waals surface area contributed by atoms with Gasteiger partial charge in [-0.15, -0.1) is 0 Å². The van der Waals surface area contributed by atoms with Crippen molar-refractivity contribution in [2.75, 3.05) is 24.6 Å². The molecule has 2 amide bonds. The van der Waals surface area contributed by atoms with Crippen LogP contribution in [0.25, 0.3) is 22.5 Å². The van der Waals surface area contributed by atoms with Gasteiger partial charge in [-0.25, -0.2) is 9.97 Å². The van der Waals surface area contributed by atoms with E-state index in [-0.39, 0.29) is 23.9 Å². The fraction of sp³-hybridized carbons (Fsp3) is 0.500. The van der Waals surface area contributed by atoms with Crippen LogP contribution in [0.15, 0.2) is 60.9 Å². The number of rotatable bonds is 15. The maximum absolute atomic E-state index is 13.8. The lowest BCUT2D eigenvalue weighted by Gasteiger charge is -2.37. The van der Waals surface area contributed by atoms with E-state index in [0.717, 1.165) is 72.7 Å². The minimum atomic E-state index is -0.660. The standard InChI is InChI=1S/C40H54N8O2S2/c1-5-7-17-35-37-43-33(29-15-11-9-13-27(29)3)23-45(37)19-21-47(35)39(49)31(41)25-51-52-26-32(42)40(50)48-22-20-46-24-34(30-16-12-10-14-28(30)4)44-38(46)36(48)18-8-6-2/h9-16,23-24,31-32,35-36H,5-8,17-22,25-26,41-42H2,1-4H3/t31-,32-,35-,36-/m0/s1. The van der Waals surface area contributed by atoms with Crippen molar-refractivity contribution in [2.24, 2.45) is 11.5 Å². The Kier molecular flexibility index (Phi) is 12.8. The molecule has 52 heavy (non-hydrogen) atoms. The van der Waals surface area contributed by atoms with Gasteiger partial charge >= 0.3 is 0 Å². The predicted molar refractivity (Wildman–Crippen MR) is 214 cm³/mol. The second-order valence-electron chi connectivity index (χ2n) is 14.1. The summed E-state index contributed by atoms with van der Waals surface area (Å²) in [5.74, 6) is 2.66. The number of hydrogen-bond acceptors (Lipinski definition) is 8. The average Bonchev–Trinajstić information content (AvgIpc) is 3.79. The zero-order valence-corrected chi connectivity index (χ0v) is 32.7. The lowest BCUT2D eigenvalue weighted by Crippen LogP contribution is -2.50. The molecule has 0 spiro atoms. The number of nitrogens with zero attached hydrogens (tertiary/aromatic N) is 6. The zero-order valence-electron chi connectivity index (χ0n) is 31.0. The van der Waals surface area contributed by atoms with Crippen LogP contribution in [0.3, 0.4) is 0 Å². The van der Waals surface area contributed by atoms with Crippen molar-refractivity contribution in [1.82, 2.24) is 28.9 Å². The van der Waals surface area contributed by atoms with Gasteiger partial charge in [0.2, 0.25) is 11.8 Å². The summed E-state index contributed by atoms with van der Waals surface area (Å²) in [6.45, 7) is 11.1. The van der Waals surface area contributed by atoms with Gasteiger partial charge in [0.25, 0.3) is 0 Å². The Hall–Kier alpha value is -3.58. The molecule has 4 heterocycles. The molecule has 0 saturated carbocycles. The molecule has 6 rings (SSSR count). The summed E-state index contributed by atoms with van der Waals surface area (Å²) in [7, 11) is 3.03. The van der Waals surface area contributed by atoms with E-state index in [1.807, 2.05) is 34.1 Å². The molecule has 4 atom stereocenters. The second-order valence-corrected chi connectivity index (χ2v) is 16.7. The molecular weight excluding hydrogens is 689 g/mol.